The highest BCUT2D eigenvalue weighted by Gasteiger charge is 2.46. The van der Waals surface area contributed by atoms with Gasteiger partial charge in [-0.15, -0.1) is 0 Å². The summed E-state index contributed by atoms with van der Waals surface area (Å²) in [5, 5.41) is 2.90. The number of piperazine rings is 1. The molecule has 2 saturated heterocycles. The maximum absolute atomic E-state index is 13.3. The molecule has 0 radical (unpaired) electrons. The first kappa shape index (κ1) is 21.2. The molecule has 2 amide bonds. The van der Waals surface area contributed by atoms with Crippen molar-refractivity contribution in [3.8, 4) is 0 Å². The average molecular weight is 439 g/mol. The Hall–Kier alpha value is -2.04. The third-order valence-corrected chi connectivity index (χ3v) is 6.73. The van der Waals surface area contributed by atoms with Gasteiger partial charge in [0.15, 0.2) is 0 Å². The fraction of sp³-hybridized carbons (Fsp3) is 0.600. The van der Waals surface area contributed by atoms with Crippen LogP contribution in [-0.2, 0) is 26.2 Å². The summed E-state index contributed by atoms with van der Waals surface area (Å²) >= 11 is 0. The van der Waals surface area contributed by atoms with Gasteiger partial charge in [-0.3, -0.25) is 14.5 Å². The highest BCUT2D eigenvalue weighted by atomic mass is 32.2. The van der Waals surface area contributed by atoms with E-state index in [0.29, 0.717) is 26.1 Å². The molecule has 4 rings (SSSR count). The quantitative estimate of drug-likeness (QED) is 0.627. The number of benzene rings is 1. The van der Waals surface area contributed by atoms with Crippen molar-refractivity contribution in [2.75, 3.05) is 25.9 Å². The Kier molecular flexibility index (Phi) is 5.82. The minimum Gasteiger partial charge on any atom is -0.354 e. The van der Waals surface area contributed by atoms with E-state index in [1.54, 1.807) is 17.0 Å². The van der Waals surface area contributed by atoms with E-state index in [0.717, 1.165) is 24.7 Å². The maximum Gasteiger partial charge on any atom is 0.242 e. The first-order valence-electron chi connectivity index (χ1n) is 10.2. The van der Waals surface area contributed by atoms with Gasteiger partial charge in [-0.2, -0.15) is 0 Å². The van der Waals surface area contributed by atoms with E-state index in [4.69, 9.17) is 0 Å². The first-order valence-corrected chi connectivity index (χ1v) is 12.1. The van der Waals surface area contributed by atoms with Crippen molar-refractivity contribution in [3.05, 3.63) is 35.6 Å². The molecule has 0 aromatic heterocycles. The van der Waals surface area contributed by atoms with Crippen LogP contribution in [0.5, 0.6) is 0 Å². The second-order valence-electron chi connectivity index (χ2n) is 8.56. The fourth-order valence-electron chi connectivity index (χ4n) is 4.40. The Balaban J connectivity index is 1.50. The molecule has 2 aliphatic heterocycles. The summed E-state index contributed by atoms with van der Waals surface area (Å²) in [4.78, 5) is 29.1. The van der Waals surface area contributed by atoms with Crippen LogP contribution in [-0.4, -0.2) is 74.0 Å². The van der Waals surface area contributed by atoms with Gasteiger partial charge >= 0.3 is 0 Å². The number of fused-ring (bicyclic) bond motifs is 1. The molecular weight excluding hydrogens is 411 g/mol. The zero-order valence-corrected chi connectivity index (χ0v) is 17.7. The van der Waals surface area contributed by atoms with E-state index in [9.17, 15) is 22.4 Å². The van der Waals surface area contributed by atoms with Gasteiger partial charge in [-0.1, -0.05) is 12.1 Å². The molecule has 10 heteroatoms. The van der Waals surface area contributed by atoms with E-state index in [1.165, 1.54) is 12.1 Å². The maximum atomic E-state index is 13.3. The van der Waals surface area contributed by atoms with Crippen LogP contribution in [0.3, 0.4) is 0 Å². The predicted octanol–water partition coefficient (Wildman–Crippen LogP) is 0.0548. The van der Waals surface area contributed by atoms with Crippen molar-refractivity contribution in [1.82, 2.24) is 19.8 Å². The lowest BCUT2D eigenvalue weighted by molar-refractivity contribution is -0.144. The monoisotopic (exact) mass is 438 g/mol. The van der Waals surface area contributed by atoms with Crippen LogP contribution >= 0.6 is 0 Å². The number of nitrogens with one attached hydrogen (secondary N) is 2. The molecule has 0 bridgehead atoms. The number of hydrogen-bond acceptors (Lipinski definition) is 5. The van der Waals surface area contributed by atoms with Crippen molar-refractivity contribution >= 4 is 21.8 Å². The van der Waals surface area contributed by atoms with Gasteiger partial charge in [0.25, 0.3) is 0 Å². The van der Waals surface area contributed by atoms with Crippen LogP contribution < -0.4 is 10.0 Å². The number of carbonyl (C=O) groups excluding carboxylic acids is 2. The van der Waals surface area contributed by atoms with Crippen LogP contribution in [0, 0.1) is 11.7 Å². The predicted molar refractivity (Wildman–Crippen MR) is 108 cm³/mol. The van der Waals surface area contributed by atoms with Gasteiger partial charge in [0.2, 0.25) is 21.8 Å². The van der Waals surface area contributed by atoms with E-state index in [2.05, 4.69) is 10.0 Å². The van der Waals surface area contributed by atoms with Crippen LogP contribution in [0.15, 0.2) is 24.3 Å². The van der Waals surface area contributed by atoms with Gasteiger partial charge < -0.3 is 10.2 Å². The largest absolute Gasteiger partial charge is 0.354 e. The normalized spacial score (nSPS) is 27.2. The number of amides is 2. The first-order chi connectivity index (χ1) is 14.2. The Bertz CT molecular complexity index is 919. The lowest BCUT2D eigenvalue weighted by Gasteiger charge is -2.43. The molecule has 8 nitrogen and oxygen atoms in total. The van der Waals surface area contributed by atoms with Crippen molar-refractivity contribution in [3.63, 3.8) is 0 Å². The van der Waals surface area contributed by atoms with Crippen LogP contribution in [0.1, 0.15) is 24.8 Å². The van der Waals surface area contributed by atoms with Crippen molar-refractivity contribution in [2.24, 2.45) is 5.92 Å². The summed E-state index contributed by atoms with van der Waals surface area (Å²) in [5.74, 6) is -0.401. The molecule has 3 fully saturated rings. The van der Waals surface area contributed by atoms with E-state index in [1.807, 2.05) is 4.90 Å². The zero-order chi connectivity index (χ0) is 21.5. The van der Waals surface area contributed by atoms with Gasteiger partial charge in [0.1, 0.15) is 11.9 Å². The Morgan fingerprint density at radius 3 is 2.53 bits per heavy atom. The minimum atomic E-state index is -3.37. The van der Waals surface area contributed by atoms with Gasteiger partial charge in [0, 0.05) is 44.2 Å². The van der Waals surface area contributed by atoms with Crippen molar-refractivity contribution in [2.45, 2.75) is 43.9 Å². The second kappa shape index (κ2) is 8.24. The molecule has 1 saturated carbocycles. The molecule has 30 heavy (non-hydrogen) atoms. The molecule has 3 atom stereocenters. The van der Waals surface area contributed by atoms with Gasteiger partial charge in [-0.25, -0.2) is 17.5 Å². The van der Waals surface area contributed by atoms with Crippen molar-refractivity contribution < 1.29 is 22.4 Å². The molecule has 0 spiro atoms. The summed E-state index contributed by atoms with van der Waals surface area (Å²) in [7, 11) is -3.37. The average Bonchev–Trinajstić information content (AvgIpc) is 3.44. The topological polar surface area (TPSA) is 98.8 Å². The zero-order valence-electron chi connectivity index (χ0n) is 16.9. The third kappa shape index (κ3) is 4.98. The second-order valence-corrected chi connectivity index (χ2v) is 10.3. The van der Waals surface area contributed by atoms with Gasteiger partial charge in [-0.05, 0) is 37.0 Å². The van der Waals surface area contributed by atoms with Gasteiger partial charge in [0.05, 0.1) is 6.26 Å². The summed E-state index contributed by atoms with van der Waals surface area (Å²) in [6.45, 7) is 1.55. The summed E-state index contributed by atoms with van der Waals surface area (Å²) in [6.07, 6.45) is 3.43. The molecule has 2 heterocycles. The number of halogens is 1. The smallest absolute Gasteiger partial charge is 0.242 e. The molecule has 1 aliphatic carbocycles. The molecule has 164 valence electrons. The summed E-state index contributed by atoms with van der Waals surface area (Å²) < 4.78 is 39.1. The molecule has 1 aromatic carbocycles. The fourth-order valence-corrected chi connectivity index (χ4v) is 5.17. The number of rotatable bonds is 7. The molecule has 0 unspecified atom stereocenters. The summed E-state index contributed by atoms with van der Waals surface area (Å²) in [6, 6.07) is 5.20. The Morgan fingerprint density at radius 1 is 1.20 bits per heavy atom. The number of carbonyl (C=O) groups is 2. The van der Waals surface area contributed by atoms with Crippen LogP contribution in [0.4, 0.5) is 4.39 Å². The van der Waals surface area contributed by atoms with E-state index < -0.39 is 16.1 Å². The number of hydrogen-bond donors (Lipinski definition) is 2. The lowest BCUT2D eigenvalue weighted by Crippen LogP contribution is -2.62. The SMILES string of the molecule is CS(=O)(=O)N[C@H]1C[C@H]2CN(Cc3ccc(F)cc3)[C@@H](CNC(=O)C3CC3)C(=O)N2C1. The minimum absolute atomic E-state index is 0.0234. The van der Waals surface area contributed by atoms with Crippen LogP contribution in [0.2, 0.25) is 0 Å². The molecule has 2 N–H and O–H groups in total. The highest BCUT2D eigenvalue weighted by molar-refractivity contribution is 7.88. The molecule has 1 aromatic rings. The third-order valence-electron chi connectivity index (χ3n) is 5.97. The highest BCUT2D eigenvalue weighted by Crippen LogP contribution is 2.30. The van der Waals surface area contributed by atoms with Crippen molar-refractivity contribution in [1.29, 1.82) is 0 Å². The summed E-state index contributed by atoms with van der Waals surface area (Å²) in [5.41, 5.74) is 0.875. The number of nitrogens with zero attached hydrogens (tertiary/aromatic N) is 2. The van der Waals surface area contributed by atoms with E-state index in [-0.39, 0.29) is 42.2 Å². The van der Waals surface area contributed by atoms with E-state index >= 15 is 0 Å². The molecule has 3 aliphatic rings. The standard InChI is InChI=1S/C20H27FN4O4S/c1-30(28,29)23-16-8-17-12-24(10-13-2-6-15(21)7-3-13)18(20(27)25(17)11-16)9-22-19(26)14-4-5-14/h2-3,6-7,14,16-18,23H,4-5,8-12H2,1H3,(H,22,26)/t16-,17-,18-/m0/s1. The Morgan fingerprint density at radius 2 is 1.90 bits per heavy atom. The molecular formula is C20H27FN4O4S. The number of sulfonamides is 1. The Labute approximate surface area is 175 Å². The van der Waals surface area contributed by atoms with Crippen LogP contribution in [0.25, 0.3) is 0 Å². The lowest BCUT2D eigenvalue weighted by atomic mass is 10.0.